The number of hydrogen-bond acceptors (Lipinski definition) is 3. The normalized spacial score (nSPS) is 9.71. The van der Waals surface area contributed by atoms with E-state index in [0.29, 0.717) is 12.1 Å². The average Bonchev–Trinajstić information content (AvgIpc) is 2.37. The predicted molar refractivity (Wildman–Crippen MR) is 63.7 cm³/mol. The van der Waals surface area contributed by atoms with Crippen molar-refractivity contribution in [3.8, 4) is 0 Å². The lowest BCUT2D eigenvalue weighted by Crippen LogP contribution is -2.34. The molecular weight excluding hydrogens is 218 g/mol. The molecule has 92 valence electrons. The van der Waals surface area contributed by atoms with Crippen LogP contribution < -0.4 is 9.88 Å². The van der Waals surface area contributed by atoms with Crippen LogP contribution in [-0.2, 0) is 11.5 Å². The van der Waals surface area contributed by atoms with Crippen molar-refractivity contribution < 1.29 is 14.1 Å². The Morgan fingerprint density at radius 1 is 1.53 bits per heavy atom. The lowest BCUT2D eigenvalue weighted by Gasteiger charge is -2.03. The predicted octanol–water partition coefficient (Wildman–Crippen LogP) is 1.09. The molecule has 0 aliphatic rings. The zero-order valence-electron chi connectivity index (χ0n) is 9.98. The summed E-state index contributed by atoms with van der Waals surface area (Å²) in [6.45, 7) is 3.07. The topological polar surface area (TPSA) is 66.1 Å². The molecule has 1 aromatic rings. The van der Waals surface area contributed by atoms with Gasteiger partial charge >= 0.3 is 0 Å². The van der Waals surface area contributed by atoms with Crippen molar-refractivity contribution in [2.45, 2.75) is 26.5 Å². The fourth-order valence-corrected chi connectivity index (χ4v) is 1.30. The summed E-state index contributed by atoms with van der Waals surface area (Å²) in [5.74, 6) is -0.0569. The number of nitrogens with one attached hydrogen (secondary N) is 2. The van der Waals surface area contributed by atoms with Crippen LogP contribution in [0.25, 0.3) is 0 Å². The van der Waals surface area contributed by atoms with Gasteiger partial charge in [0.2, 0.25) is 0 Å². The Morgan fingerprint density at radius 2 is 2.24 bits per heavy atom. The van der Waals surface area contributed by atoms with E-state index >= 15 is 0 Å². The van der Waals surface area contributed by atoms with E-state index in [9.17, 15) is 4.79 Å². The van der Waals surface area contributed by atoms with Crippen LogP contribution in [0.2, 0.25) is 0 Å². The third kappa shape index (κ3) is 4.63. The van der Waals surface area contributed by atoms with E-state index in [1.165, 1.54) is 0 Å². The summed E-state index contributed by atoms with van der Waals surface area (Å²) in [7, 11) is 0. The second-order valence-electron chi connectivity index (χ2n) is 3.62. The molecule has 0 radical (unpaired) electrons. The maximum absolute atomic E-state index is 11.7. The third-order valence-corrected chi connectivity index (χ3v) is 2.28. The molecule has 0 atom stereocenters. The first-order chi connectivity index (χ1) is 8.27. The number of unbranched alkanes of at least 4 members (excludes halogenated alkanes) is 1. The minimum atomic E-state index is -0.0569. The van der Waals surface area contributed by atoms with Gasteiger partial charge < -0.3 is 10.1 Å². The molecule has 0 fully saturated rings. The average molecular weight is 236 g/mol. The maximum Gasteiger partial charge on any atom is 0.293 e. The fraction of sp³-hybridized carbons (Fsp3) is 0.417. The molecular formula is C12H18N3O2+. The minimum Gasteiger partial charge on any atom is -0.426 e. The first-order valence-corrected chi connectivity index (χ1v) is 5.65. The molecule has 17 heavy (non-hydrogen) atoms. The summed E-state index contributed by atoms with van der Waals surface area (Å²) >= 11 is 0. The lowest BCUT2D eigenvalue weighted by molar-refractivity contribution is -0.726. The highest BCUT2D eigenvalue weighted by Gasteiger charge is 2.07. The van der Waals surface area contributed by atoms with Crippen molar-refractivity contribution in [2.24, 2.45) is 0 Å². The van der Waals surface area contributed by atoms with Crippen LogP contribution in [0.1, 0.15) is 30.1 Å². The Hall–Kier alpha value is -1.91. The number of pyridine rings is 1. The van der Waals surface area contributed by atoms with Crippen molar-refractivity contribution in [1.29, 1.82) is 5.41 Å². The highest BCUT2D eigenvalue weighted by atomic mass is 16.5. The number of ether oxygens (including phenoxy) is 1. The van der Waals surface area contributed by atoms with Gasteiger partial charge in [0.05, 0.1) is 5.56 Å². The molecule has 0 unspecified atom stereocenters. The zero-order chi connectivity index (χ0) is 12.5. The smallest absolute Gasteiger partial charge is 0.293 e. The summed E-state index contributed by atoms with van der Waals surface area (Å²) in [5, 5.41) is 9.58. The molecule has 1 heterocycles. The number of carbonyl (C=O) groups is 1. The number of hydrogen-bond donors (Lipinski definition) is 2. The monoisotopic (exact) mass is 236 g/mol. The van der Waals surface area contributed by atoms with Crippen LogP contribution in [0.5, 0.6) is 0 Å². The Balaban J connectivity index is 2.48. The van der Waals surface area contributed by atoms with Crippen molar-refractivity contribution in [2.75, 3.05) is 6.54 Å². The van der Waals surface area contributed by atoms with Gasteiger partial charge in [-0.3, -0.25) is 10.2 Å². The number of nitrogens with zero attached hydrogens (tertiary/aromatic N) is 1. The summed E-state index contributed by atoms with van der Waals surface area (Å²) < 4.78 is 6.55. The first kappa shape index (κ1) is 13.2. The van der Waals surface area contributed by atoms with Crippen molar-refractivity contribution >= 4 is 12.3 Å². The highest BCUT2D eigenvalue weighted by Crippen LogP contribution is 1.95. The van der Waals surface area contributed by atoms with E-state index < -0.39 is 0 Å². The first-order valence-electron chi connectivity index (χ1n) is 5.65. The van der Waals surface area contributed by atoms with Crippen LogP contribution in [-0.4, -0.2) is 18.9 Å². The van der Waals surface area contributed by atoms with Crippen LogP contribution in [0.15, 0.2) is 24.5 Å². The Kier molecular flexibility index (Phi) is 5.71. The van der Waals surface area contributed by atoms with Gasteiger partial charge in [0, 0.05) is 18.7 Å². The van der Waals surface area contributed by atoms with Crippen LogP contribution in [0.4, 0.5) is 0 Å². The van der Waals surface area contributed by atoms with E-state index in [1.54, 1.807) is 29.1 Å². The van der Waals surface area contributed by atoms with E-state index in [0.717, 1.165) is 19.2 Å². The Bertz CT molecular complexity index is 363. The highest BCUT2D eigenvalue weighted by molar-refractivity contribution is 5.93. The second kappa shape index (κ2) is 7.38. The van der Waals surface area contributed by atoms with E-state index in [1.807, 2.05) is 0 Å². The molecule has 0 aliphatic carbocycles. The number of aromatic nitrogens is 1. The molecule has 0 saturated carbocycles. The molecule has 0 aromatic carbocycles. The Labute approximate surface area is 101 Å². The van der Waals surface area contributed by atoms with Gasteiger partial charge in [-0.2, -0.15) is 4.57 Å². The van der Waals surface area contributed by atoms with Gasteiger partial charge in [-0.1, -0.05) is 13.3 Å². The quantitative estimate of drug-likeness (QED) is 0.322. The zero-order valence-corrected chi connectivity index (χ0v) is 9.98. The lowest BCUT2D eigenvalue weighted by atomic mass is 10.2. The molecule has 2 N–H and O–H groups in total. The molecule has 0 bridgehead atoms. The van der Waals surface area contributed by atoms with E-state index in [2.05, 4.69) is 12.2 Å². The van der Waals surface area contributed by atoms with Crippen molar-refractivity contribution in [1.82, 2.24) is 5.32 Å². The summed E-state index contributed by atoms with van der Waals surface area (Å²) in [4.78, 5) is 11.7. The largest absolute Gasteiger partial charge is 0.426 e. The van der Waals surface area contributed by atoms with E-state index in [4.69, 9.17) is 10.1 Å². The van der Waals surface area contributed by atoms with Crippen molar-refractivity contribution in [3.63, 3.8) is 0 Å². The standard InChI is InChI=1S/C12H17N3O2/c1-2-3-6-14-12(16)11-4-7-15(8-5-11)10-17-9-13/h4-5,7-9,13H,2-3,6,10H2,1H3/p+1. The molecule has 1 aromatic heterocycles. The fourth-order valence-electron chi connectivity index (χ4n) is 1.30. The molecule has 5 heteroatoms. The maximum atomic E-state index is 11.7. The summed E-state index contributed by atoms with van der Waals surface area (Å²) in [6.07, 6.45) is 6.44. The number of amides is 1. The summed E-state index contributed by atoms with van der Waals surface area (Å²) in [6, 6.07) is 3.46. The third-order valence-electron chi connectivity index (χ3n) is 2.28. The number of carbonyl (C=O) groups excluding carboxylic acids is 1. The molecule has 0 saturated heterocycles. The van der Waals surface area contributed by atoms with Gasteiger partial charge in [-0.25, -0.2) is 0 Å². The van der Waals surface area contributed by atoms with Gasteiger partial charge in [0.25, 0.3) is 12.6 Å². The van der Waals surface area contributed by atoms with Gasteiger partial charge in [0.1, 0.15) is 0 Å². The SMILES string of the molecule is CCCCNC(=O)c1cc[n+](COC=N)cc1. The van der Waals surface area contributed by atoms with Gasteiger partial charge in [-0.15, -0.1) is 0 Å². The molecule has 5 nitrogen and oxygen atoms in total. The minimum absolute atomic E-state index is 0.0569. The van der Waals surface area contributed by atoms with Gasteiger partial charge in [0.15, 0.2) is 18.8 Å². The molecule has 0 aliphatic heterocycles. The van der Waals surface area contributed by atoms with Gasteiger partial charge in [-0.05, 0) is 6.42 Å². The van der Waals surface area contributed by atoms with Crippen LogP contribution in [0.3, 0.4) is 0 Å². The Morgan fingerprint density at radius 3 is 2.82 bits per heavy atom. The number of rotatable bonds is 7. The van der Waals surface area contributed by atoms with Crippen LogP contribution in [0, 0.1) is 5.41 Å². The van der Waals surface area contributed by atoms with Crippen LogP contribution >= 0.6 is 0 Å². The summed E-state index contributed by atoms with van der Waals surface area (Å²) in [5.41, 5.74) is 0.632. The second-order valence-corrected chi connectivity index (χ2v) is 3.62. The molecule has 1 amide bonds. The van der Waals surface area contributed by atoms with E-state index in [-0.39, 0.29) is 12.6 Å². The van der Waals surface area contributed by atoms with Crippen molar-refractivity contribution in [3.05, 3.63) is 30.1 Å². The molecule has 0 spiro atoms. The molecule has 1 rings (SSSR count).